The van der Waals surface area contributed by atoms with Gasteiger partial charge in [0.2, 0.25) is 5.91 Å². The first-order valence-electron chi connectivity index (χ1n) is 21.6. The van der Waals surface area contributed by atoms with Crippen LogP contribution >= 0.6 is 0 Å². The van der Waals surface area contributed by atoms with Crippen LogP contribution in [-0.4, -0.2) is 46.9 Å². The molecule has 0 heterocycles. The molecular formula is C44H83NO5. The molecule has 0 fully saturated rings. The van der Waals surface area contributed by atoms with Gasteiger partial charge in [0.1, 0.15) is 6.10 Å². The standard InChI is InChI=1S/C44H83NO5/c1-4-7-10-13-16-18-19-20-21-22-23-25-28-31-34-37-44(49)50-40(35-32-29-26-15-12-9-6-3)38-43(48)45-41(39-46)42(47)36-33-30-27-24-17-14-11-8-5-2/h16,18-20,40-42,46-47H,4-15,17,21-39H2,1-3H3,(H,45,48)/b18-16+,20-19+. The number of allylic oxidation sites excluding steroid dienone is 4. The van der Waals surface area contributed by atoms with E-state index in [-0.39, 0.29) is 24.9 Å². The summed E-state index contributed by atoms with van der Waals surface area (Å²) in [4.78, 5) is 25.8. The Hall–Kier alpha value is -1.66. The summed E-state index contributed by atoms with van der Waals surface area (Å²) in [7, 11) is 0. The Bertz CT molecular complexity index is 797. The summed E-state index contributed by atoms with van der Waals surface area (Å²) in [6.07, 6.45) is 41.0. The largest absolute Gasteiger partial charge is 0.462 e. The van der Waals surface area contributed by atoms with E-state index in [1.54, 1.807) is 0 Å². The van der Waals surface area contributed by atoms with Gasteiger partial charge in [-0.2, -0.15) is 0 Å². The molecule has 0 aliphatic rings. The van der Waals surface area contributed by atoms with Gasteiger partial charge in [0.25, 0.3) is 0 Å². The zero-order valence-electron chi connectivity index (χ0n) is 33.3. The van der Waals surface area contributed by atoms with Gasteiger partial charge in [-0.1, -0.05) is 180 Å². The normalized spacial score (nSPS) is 13.6. The van der Waals surface area contributed by atoms with Crippen LogP contribution in [0.3, 0.4) is 0 Å². The molecule has 1 amide bonds. The van der Waals surface area contributed by atoms with E-state index in [9.17, 15) is 19.8 Å². The maximum atomic E-state index is 13.0. The minimum Gasteiger partial charge on any atom is -0.462 e. The van der Waals surface area contributed by atoms with E-state index in [1.807, 2.05) is 0 Å². The Labute approximate surface area is 310 Å². The van der Waals surface area contributed by atoms with Crippen LogP contribution in [0.25, 0.3) is 0 Å². The van der Waals surface area contributed by atoms with Crippen LogP contribution < -0.4 is 5.32 Å². The molecule has 0 aromatic rings. The lowest BCUT2D eigenvalue weighted by atomic mass is 10.0. The Morgan fingerprint density at radius 1 is 0.580 bits per heavy atom. The number of amides is 1. The van der Waals surface area contributed by atoms with E-state index >= 15 is 0 Å². The molecule has 0 aliphatic carbocycles. The van der Waals surface area contributed by atoms with Gasteiger partial charge >= 0.3 is 5.97 Å². The second kappa shape index (κ2) is 38.6. The number of aliphatic hydroxyl groups is 2. The SMILES string of the molecule is CCCCC/C=C/C=C/CCCCCCCCC(=O)OC(CCCCCCCCC)CC(=O)NC(CO)C(O)CCCCCCCCCCC. The quantitative estimate of drug-likeness (QED) is 0.0337. The molecule has 0 saturated heterocycles. The van der Waals surface area contributed by atoms with E-state index in [1.165, 1.54) is 109 Å². The number of esters is 1. The summed E-state index contributed by atoms with van der Waals surface area (Å²) < 4.78 is 5.86. The fourth-order valence-electron chi connectivity index (χ4n) is 6.48. The van der Waals surface area contributed by atoms with E-state index in [2.05, 4.69) is 50.4 Å². The molecule has 3 unspecified atom stereocenters. The van der Waals surface area contributed by atoms with Crippen LogP contribution in [-0.2, 0) is 14.3 Å². The van der Waals surface area contributed by atoms with Crippen molar-refractivity contribution in [2.24, 2.45) is 0 Å². The van der Waals surface area contributed by atoms with Crippen molar-refractivity contribution in [3.8, 4) is 0 Å². The second-order valence-electron chi connectivity index (χ2n) is 14.8. The third-order valence-electron chi connectivity index (χ3n) is 9.81. The van der Waals surface area contributed by atoms with Gasteiger partial charge in [0.05, 0.1) is 25.2 Å². The first-order chi connectivity index (χ1) is 24.5. The summed E-state index contributed by atoms with van der Waals surface area (Å²) >= 11 is 0. The average Bonchev–Trinajstić information content (AvgIpc) is 3.10. The highest BCUT2D eigenvalue weighted by atomic mass is 16.5. The average molecular weight is 706 g/mol. The fraction of sp³-hybridized carbons (Fsp3) is 0.864. The van der Waals surface area contributed by atoms with Crippen LogP contribution in [0.15, 0.2) is 24.3 Å². The van der Waals surface area contributed by atoms with E-state index in [0.29, 0.717) is 19.3 Å². The highest BCUT2D eigenvalue weighted by molar-refractivity contribution is 5.77. The molecule has 6 nitrogen and oxygen atoms in total. The topological polar surface area (TPSA) is 95.9 Å². The Kier molecular flexibility index (Phi) is 37.3. The van der Waals surface area contributed by atoms with E-state index in [0.717, 1.165) is 64.2 Å². The number of ether oxygens (including phenoxy) is 1. The first-order valence-corrected chi connectivity index (χ1v) is 21.6. The van der Waals surface area contributed by atoms with Crippen molar-refractivity contribution in [1.29, 1.82) is 0 Å². The molecule has 50 heavy (non-hydrogen) atoms. The van der Waals surface area contributed by atoms with Gasteiger partial charge in [0, 0.05) is 6.42 Å². The van der Waals surface area contributed by atoms with Gasteiger partial charge in [-0.05, 0) is 51.4 Å². The van der Waals surface area contributed by atoms with Gasteiger partial charge < -0.3 is 20.3 Å². The molecule has 6 heteroatoms. The van der Waals surface area contributed by atoms with Crippen molar-refractivity contribution in [3.05, 3.63) is 24.3 Å². The van der Waals surface area contributed by atoms with Crippen molar-refractivity contribution in [2.45, 2.75) is 238 Å². The molecule has 0 aliphatic heterocycles. The predicted molar refractivity (Wildman–Crippen MR) is 213 cm³/mol. The third kappa shape index (κ3) is 33.5. The van der Waals surface area contributed by atoms with E-state index < -0.39 is 18.2 Å². The Morgan fingerprint density at radius 3 is 1.52 bits per heavy atom. The van der Waals surface area contributed by atoms with Crippen molar-refractivity contribution < 1.29 is 24.5 Å². The summed E-state index contributed by atoms with van der Waals surface area (Å²) in [5, 5.41) is 23.5. The second-order valence-corrected chi connectivity index (χ2v) is 14.8. The summed E-state index contributed by atoms with van der Waals surface area (Å²) in [5.41, 5.74) is 0. The zero-order valence-corrected chi connectivity index (χ0v) is 33.3. The maximum absolute atomic E-state index is 13.0. The molecule has 0 spiro atoms. The van der Waals surface area contributed by atoms with Crippen LogP contribution in [0, 0.1) is 0 Å². The number of rotatable bonds is 38. The van der Waals surface area contributed by atoms with Gasteiger partial charge in [-0.3, -0.25) is 9.59 Å². The highest BCUT2D eigenvalue weighted by Crippen LogP contribution is 2.17. The molecular weight excluding hydrogens is 622 g/mol. The molecule has 0 saturated carbocycles. The van der Waals surface area contributed by atoms with Crippen LogP contribution in [0.2, 0.25) is 0 Å². The van der Waals surface area contributed by atoms with Crippen LogP contribution in [0.1, 0.15) is 220 Å². The highest BCUT2D eigenvalue weighted by Gasteiger charge is 2.24. The number of hydrogen-bond acceptors (Lipinski definition) is 5. The summed E-state index contributed by atoms with van der Waals surface area (Å²) in [6, 6.07) is -0.695. The zero-order chi connectivity index (χ0) is 36.8. The Morgan fingerprint density at radius 2 is 1.00 bits per heavy atom. The lowest BCUT2D eigenvalue weighted by Crippen LogP contribution is -2.46. The number of nitrogens with one attached hydrogen (secondary N) is 1. The maximum Gasteiger partial charge on any atom is 0.306 e. The molecule has 0 radical (unpaired) electrons. The minimum absolute atomic E-state index is 0.0753. The number of hydrogen-bond donors (Lipinski definition) is 3. The van der Waals surface area contributed by atoms with Crippen molar-refractivity contribution in [1.82, 2.24) is 5.32 Å². The van der Waals surface area contributed by atoms with Crippen molar-refractivity contribution in [2.75, 3.05) is 6.61 Å². The Balaban J connectivity index is 4.47. The molecule has 3 N–H and O–H groups in total. The smallest absolute Gasteiger partial charge is 0.306 e. The van der Waals surface area contributed by atoms with Crippen LogP contribution in [0.5, 0.6) is 0 Å². The number of aliphatic hydroxyl groups excluding tert-OH is 2. The van der Waals surface area contributed by atoms with Gasteiger partial charge in [-0.15, -0.1) is 0 Å². The fourth-order valence-corrected chi connectivity index (χ4v) is 6.48. The van der Waals surface area contributed by atoms with Crippen molar-refractivity contribution >= 4 is 11.9 Å². The molecule has 3 atom stereocenters. The number of carbonyl (C=O) groups is 2. The molecule has 0 rings (SSSR count). The molecule has 294 valence electrons. The number of unbranched alkanes of at least 4 members (excludes halogenated alkanes) is 23. The van der Waals surface area contributed by atoms with Crippen LogP contribution in [0.4, 0.5) is 0 Å². The van der Waals surface area contributed by atoms with Gasteiger partial charge in [0.15, 0.2) is 0 Å². The van der Waals surface area contributed by atoms with Crippen molar-refractivity contribution in [3.63, 3.8) is 0 Å². The lowest BCUT2D eigenvalue weighted by molar-refractivity contribution is -0.151. The number of carbonyl (C=O) groups excluding carboxylic acids is 2. The molecule has 0 aromatic carbocycles. The molecule has 0 bridgehead atoms. The van der Waals surface area contributed by atoms with Gasteiger partial charge in [-0.25, -0.2) is 0 Å². The summed E-state index contributed by atoms with van der Waals surface area (Å²) in [5.74, 6) is -0.489. The predicted octanol–water partition coefficient (Wildman–Crippen LogP) is 12.0. The molecule has 0 aromatic heterocycles. The summed E-state index contributed by atoms with van der Waals surface area (Å²) in [6.45, 7) is 6.38. The monoisotopic (exact) mass is 706 g/mol. The third-order valence-corrected chi connectivity index (χ3v) is 9.81. The minimum atomic E-state index is -0.781. The van der Waals surface area contributed by atoms with E-state index in [4.69, 9.17) is 4.74 Å². The lowest BCUT2D eigenvalue weighted by Gasteiger charge is -2.24. The first kappa shape index (κ1) is 48.3.